The van der Waals surface area contributed by atoms with Gasteiger partial charge in [0.25, 0.3) is 0 Å². The first-order valence-corrected chi connectivity index (χ1v) is 8.33. The van der Waals surface area contributed by atoms with Gasteiger partial charge in [0.2, 0.25) is 0 Å². The van der Waals surface area contributed by atoms with Crippen molar-refractivity contribution in [3.05, 3.63) is 42.5 Å². The van der Waals surface area contributed by atoms with Crippen molar-refractivity contribution >= 4 is 0 Å². The highest BCUT2D eigenvalue weighted by Crippen LogP contribution is 2.47. The van der Waals surface area contributed by atoms with Gasteiger partial charge in [0.05, 0.1) is 0 Å². The van der Waals surface area contributed by atoms with E-state index in [1.807, 2.05) is 12.1 Å². The summed E-state index contributed by atoms with van der Waals surface area (Å²) < 4.78 is 28.8. The molecule has 1 nitrogen and oxygen atoms in total. The van der Waals surface area contributed by atoms with E-state index in [9.17, 15) is 8.78 Å². The lowest BCUT2D eigenvalue weighted by molar-refractivity contribution is -0.0498. The molecule has 0 bridgehead atoms. The lowest BCUT2D eigenvalue weighted by atomic mass is 9.64. The molecule has 0 saturated heterocycles. The van der Waals surface area contributed by atoms with Crippen LogP contribution in [-0.2, 0) is 0 Å². The van der Waals surface area contributed by atoms with Gasteiger partial charge in [-0.3, -0.25) is 0 Å². The Morgan fingerprint density at radius 3 is 2.36 bits per heavy atom. The van der Waals surface area contributed by atoms with Crippen LogP contribution in [0, 0.1) is 17.8 Å². The van der Waals surface area contributed by atoms with Gasteiger partial charge in [-0.1, -0.05) is 18.2 Å². The van der Waals surface area contributed by atoms with Gasteiger partial charge in [-0.25, -0.2) is 0 Å². The molecule has 3 rings (SSSR count). The fraction of sp³-hybridized carbons (Fsp3) is 0.579. The molecular formula is C19H24F2O. The van der Waals surface area contributed by atoms with E-state index in [0.717, 1.165) is 11.8 Å². The maximum absolute atomic E-state index is 12.2. The van der Waals surface area contributed by atoms with E-state index in [1.165, 1.54) is 44.1 Å². The summed E-state index contributed by atoms with van der Waals surface area (Å²) in [6.07, 6.45) is 9.76. The van der Waals surface area contributed by atoms with Crippen LogP contribution in [0.2, 0.25) is 0 Å². The summed E-state index contributed by atoms with van der Waals surface area (Å²) in [5.74, 6) is 3.21. The van der Waals surface area contributed by atoms with Crippen LogP contribution in [0.5, 0.6) is 5.75 Å². The van der Waals surface area contributed by atoms with E-state index in [4.69, 9.17) is 0 Å². The van der Waals surface area contributed by atoms with Crippen LogP contribution in [-0.4, -0.2) is 6.61 Å². The van der Waals surface area contributed by atoms with Gasteiger partial charge in [-0.15, -0.1) is 6.58 Å². The summed E-state index contributed by atoms with van der Waals surface area (Å²) >= 11 is 0. The number of fused-ring (bicyclic) bond motifs is 1. The second kappa shape index (κ2) is 6.80. The number of rotatable bonds is 4. The molecule has 2 aliphatic carbocycles. The zero-order valence-corrected chi connectivity index (χ0v) is 12.9. The molecule has 3 heteroatoms. The summed E-state index contributed by atoms with van der Waals surface area (Å²) in [7, 11) is 0. The highest BCUT2D eigenvalue weighted by Gasteiger charge is 2.35. The van der Waals surface area contributed by atoms with Crippen molar-refractivity contribution in [2.24, 2.45) is 17.8 Å². The third kappa shape index (κ3) is 3.50. The fourth-order valence-electron chi connectivity index (χ4n) is 4.36. The first-order valence-electron chi connectivity index (χ1n) is 8.33. The van der Waals surface area contributed by atoms with Crippen LogP contribution in [0.4, 0.5) is 8.78 Å². The quantitative estimate of drug-likeness (QED) is 0.641. The summed E-state index contributed by atoms with van der Waals surface area (Å²) in [6.45, 7) is 1.20. The molecule has 0 radical (unpaired) electrons. The topological polar surface area (TPSA) is 9.23 Å². The SMILES string of the molecule is C=C[C@@H]1CC[C@@H]2CC(c3ccc(OC(F)F)cc3)CC[C@@H]2C1. The standard InChI is InChI=1S/C19H24F2O/c1-2-13-3-4-17-12-16(6-5-15(17)11-13)14-7-9-18(10-8-14)22-19(20)21/h2,7-10,13,15-17,19H,1,3-6,11-12H2/t13-,15-,16?,17-/m1/s1. The monoisotopic (exact) mass is 306 g/mol. The molecule has 1 aromatic rings. The van der Waals surface area contributed by atoms with Gasteiger partial charge in [-0.2, -0.15) is 8.78 Å². The van der Waals surface area contributed by atoms with Gasteiger partial charge in [0.1, 0.15) is 5.75 Å². The third-order valence-corrected chi connectivity index (χ3v) is 5.56. The molecule has 1 aromatic carbocycles. The maximum Gasteiger partial charge on any atom is 0.387 e. The molecule has 0 N–H and O–H groups in total. The molecule has 0 heterocycles. The smallest absolute Gasteiger partial charge is 0.387 e. The highest BCUT2D eigenvalue weighted by molar-refractivity contribution is 5.30. The predicted octanol–water partition coefficient (Wildman–Crippen LogP) is 5.77. The fourth-order valence-corrected chi connectivity index (χ4v) is 4.36. The zero-order valence-electron chi connectivity index (χ0n) is 12.9. The van der Waals surface area contributed by atoms with E-state index in [0.29, 0.717) is 11.8 Å². The van der Waals surface area contributed by atoms with E-state index in [-0.39, 0.29) is 5.75 Å². The van der Waals surface area contributed by atoms with E-state index in [1.54, 1.807) is 12.1 Å². The first kappa shape index (κ1) is 15.5. The summed E-state index contributed by atoms with van der Waals surface area (Å²) in [5, 5.41) is 0. The molecule has 0 aromatic heterocycles. The van der Waals surface area contributed by atoms with Gasteiger partial charge in [0.15, 0.2) is 0 Å². The number of alkyl halides is 2. The molecule has 0 amide bonds. The largest absolute Gasteiger partial charge is 0.435 e. The summed E-state index contributed by atoms with van der Waals surface area (Å²) in [4.78, 5) is 0. The van der Waals surface area contributed by atoms with Crippen molar-refractivity contribution < 1.29 is 13.5 Å². The number of allylic oxidation sites excluding steroid dienone is 1. The zero-order chi connectivity index (χ0) is 15.5. The second-order valence-electron chi connectivity index (χ2n) is 6.79. The van der Waals surface area contributed by atoms with Crippen LogP contribution < -0.4 is 4.74 Å². The number of ether oxygens (including phenoxy) is 1. The number of halogens is 2. The minimum absolute atomic E-state index is 0.249. The Kier molecular flexibility index (Phi) is 4.80. The van der Waals surface area contributed by atoms with E-state index < -0.39 is 6.61 Å². The van der Waals surface area contributed by atoms with Crippen molar-refractivity contribution in [3.8, 4) is 5.75 Å². The van der Waals surface area contributed by atoms with Crippen LogP contribution in [0.25, 0.3) is 0 Å². The average molecular weight is 306 g/mol. The minimum atomic E-state index is -2.75. The molecule has 1 unspecified atom stereocenters. The van der Waals surface area contributed by atoms with E-state index in [2.05, 4.69) is 17.4 Å². The average Bonchev–Trinajstić information content (AvgIpc) is 2.54. The van der Waals surface area contributed by atoms with Gasteiger partial charge in [0, 0.05) is 0 Å². The molecule has 0 spiro atoms. The summed E-state index contributed by atoms with van der Waals surface area (Å²) in [5.41, 5.74) is 1.27. The molecule has 2 saturated carbocycles. The van der Waals surface area contributed by atoms with Crippen molar-refractivity contribution in [2.45, 2.75) is 51.1 Å². The molecule has 22 heavy (non-hydrogen) atoms. The number of hydrogen-bond acceptors (Lipinski definition) is 1. The van der Waals surface area contributed by atoms with Gasteiger partial charge < -0.3 is 4.74 Å². The lowest BCUT2D eigenvalue weighted by Gasteiger charge is -2.41. The molecule has 0 aliphatic heterocycles. The Labute approximate surface area is 131 Å². The van der Waals surface area contributed by atoms with Crippen molar-refractivity contribution in [1.82, 2.24) is 0 Å². The molecule has 4 atom stereocenters. The van der Waals surface area contributed by atoms with E-state index >= 15 is 0 Å². The first-order chi connectivity index (χ1) is 10.7. The highest BCUT2D eigenvalue weighted by atomic mass is 19.3. The molecule has 120 valence electrons. The lowest BCUT2D eigenvalue weighted by Crippen LogP contribution is -2.29. The van der Waals surface area contributed by atoms with Crippen molar-refractivity contribution in [3.63, 3.8) is 0 Å². The Balaban J connectivity index is 1.61. The Hall–Kier alpha value is -1.38. The number of benzene rings is 1. The molecular weight excluding hydrogens is 282 g/mol. The molecule has 2 aliphatic rings. The Bertz CT molecular complexity index is 497. The number of hydrogen-bond donors (Lipinski definition) is 0. The molecule has 2 fully saturated rings. The normalized spacial score (nSPS) is 31.6. The Morgan fingerprint density at radius 1 is 1.00 bits per heavy atom. The van der Waals surface area contributed by atoms with Crippen molar-refractivity contribution in [1.29, 1.82) is 0 Å². The van der Waals surface area contributed by atoms with Crippen molar-refractivity contribution in [2.75, 3.05) is 0 Å². The van der Waals surface area contributed by atoms with Crippen LogP contribution in [0.3, 0.4) is 0 Å². The predicted molar refractivity (Wildman–Crippen MR) is 84.2 cm³/mol. The van der Waals surface area contributed by atoms with Gasteiger partial charge in [-0.05, 0) is 79.9 Å². The third-order valence-electron chi connectivity index (χ3n) is 5.56. The summed E-state index contributed by atoms with van der Waals surface area (Å²) in [6, 6.07) is 7.25. The maximum atomic E-state index is 12.2. The minimum Gasteiger partial charge on any atom is -0.435 e. The van der Waals surface area contributed by atoms with Crippen LogP contribution in [0.15, 0.2) is 36.9 Å². The second-order valence-corrected chi connectivity index (χ2v) is 6.79. The van der Waals surface area contributed by atoms with Gasteiger partial charge >= 0.3 is 6.61 Å². The Morgan fingerprint density at radius 2 is 1.68 bits per heavy atom. The van der Waals surface area contributed by atoms with Crippen LogP contribution >= 0.6 is 0 Å². The van der Waals surface area contributed by atoms with Crippen LogP contribution in [0.1, 0.15) is 50.0 Å².